The summed E-state index contributed by atoms with van der Waals surface area (Å²) < 4.78 is 12.5. The Labute approximate surface area is 204 Å². The third kappa shape index (κ3) is 4.32. The van der Waals surface area contributed by atoms with E-state index >= 15 is 0 Å². The van der Waals surface area contributed by atoms with Crippen LogP contribution in [0.4, 0.5) is 0 Å². The zero-order chi connectivity index (χ0) is 23.1. The largest absolute Gasteiger partial charge is 0.508 e. The average Bonchev–Trinajstić information content (AvgIpc) is 3.12. The van der Waals surface area contributed by atoms with Crippen molar-refractivity contribution in [3.05, 3.63) is 77.9 Å². The fourth-order valence-electron chi connectivity index (χ4n) is 5.32. The molecule has 2 unspecified atom stereocenters. The minimum absolute atomic E-state index is 0.0211. The highest BCUT2D eigenvalue weighted by molar-refractivity contribution is 7.99. The third-order valence-electron chi connectivity index (χ3n) is 7.38. The predicted molar refractivity (Wildman–Crippen MR) is 133 cm³/mol. The summed E-state index contributed by atoms with van der Waals surface area (Å²) >= 11 is 1.67. The predicted octanol–water partition coefficient (Wildman–Crippen LogP) is 5.79. The number of phenolic OH excluding ortho intramolecular Hbond substituents is 2. The smallest absolute Gasteiger partial charge is 0.140 e. The Morgan fingerprint density at radius 3 is 2.24 bits per heavy atom. The Morgan fingerprint density at radius 2 is 1.53 bits per heavy atom. The van der Waals surface area contributed by atoms with E-state index in [1.165, 1.54) is 25.9 Å². The highest BCUT2D eigenvalue weighted by Gasteiger charge is 2.38. The van der Waals surface area contributed by atoms with Crippen LogP contribution in [-0.4, -0.2) is 41.4 Å². The Bertz CT molecular complexity index is 1140. The van der Waals surface area contributed by atoms with E-state index in [-0.39, 0.29) is 22.9 Å². The van der Waals surface area contributed by atoms with Gasteiger partial charge in [0, 0.05) is 19.6 Å². The van der Waals surface area contributed by atoms with Gasteiger partial charge in [0.2, 0.25) is 0 Å². The molecule has 1 aliphatic carbocycles. The molecule has 6 rings (SSSR count). The molecule has 0 spiro atoms. The molecule has 0 aromatic heterocycles. The van der Waals surface area contributed by atoms with Crippen LogP contribution in [0.5, 0.6) is 23.0 Å². The number of hydrogen-bond donors (Lipinski definition) is 2. The van der Waals surface area contributed by atoms with Gasteiger partial charge in [-0.3, -0.25) is 4.90 Å². The molecule has 5 nitrogen and oxygen atoms in total. The molecule has 2 fully saturated rings. The molecule has 176 valence electrons. The monoisotopic (exact) mass is 475 g/mol. The second-order valence-electron chi connectivity index (χ2n) is 9.57. The number of phenols is 2. The van der Waals surface area contributed by atoms with E-state index in [1.807, 2.05) is 30.3 Å². The maximum absolute atomic E-state index is 9.95. The van der Waals surface area contributed by atoms with Crippen LogP contribution in [0.3, 0.4) is 0 Å². The molecule has 0 amide bonds. The van der Waals surface area contributed by atoms with Crippen molar-refractivity contribution < 1.29 is 19.7 Å². The van der Waals surface area contributed by atoms with Gasteiger partial charge in [0.15, 0.2) is 0 Å². The molecular weight excluding hydrogens is 446 g/mol. The van der Waals surface area contributed by atoms with E-state index < -0.39 is 0 Å². The molecule has 3 aromatic carbocycles. The van der Waals surface area contributed by atoms with Gasteiger partial charge in [0.25, 0.3) is 0 Å². The van der Waals surface area contributed by atoms with Crippen molar-refractivity contribution in [2.45, 2.75) is 29.1 Å². The van der Waals surface area contributed by atoms with Gasteiger partial charge in [-0.15, -0.1) is 11.8 Å². The van der Waals surface area contributed by atoms with Gasteiger partial charge in [0.1, 0.15) is 35.7 Å². The molecule has 2 heterocycles. The second kappa shape index (κ2) is 9.08. The minimum Gasteiger partial charge on any atom is -0.508 e. The maximum Gasteiger partial charge on any atom is 0.140 e. The normalized spacial score (nSPS) is 25.6. The number of benzene rings is 3. The Balaban J connectivity index is 1.17. The van der Waals surface area contributed by atoms with Crippen LogP contribution >= 0.6 is 11.8 Å². The van der Waals surface area contributed by atoms with E-state index in [2.05, 4.69) is 17.0 Å². The van der Waals surface area contributed by atoms with Crippen LogP contribution in [0.25, 0.3) is 0 Å². The van der Waals surface area contributed by atoms with Crippen LogP contribution in [0.1, 0.15) is 35.3 Å². The summed E-state index contributed by atoms with van der Waals surface area (Å²) in [6.45, 7) is 4.17. The first-order chi connectivity index (χ1) is 16.6. The maximum atomic E-state index is 9.95. The Morgan fingerprint density at radius 1 is 0.853 bits per heavy atom. The van der Waals surface area contributed by atoms with Crippen LogP contribution < -0.4 is 9.47 Å². The average molecular weight is 476 g/mol. The topological polar surface area (TPSA) is 62.2 Å². The molecule has 0 bridgehead atoms. The number of hydrogen-bond acceptors (Lipinski definition) is 6. The number of nitrogens with zero attached hydrogens (tertiary/aromatic N) is 1. The summed E-state index contributed by atoms with van der Waals surface area (Å²) in [6, 6.07) is 20.7. The summed E-state index contributed by atoms with van der Waals surface area (Å²) in [6.07, 6.45) is 2.60. The van der Waals surface area contributed by atoms with Crippen LogP contribution in [-0.2, 0) is 0 Å². The Hall–Kier alpha value is -2.83. The number of likely N-dealkylation sites (tertiary alicyclic amines) is 1. The van der Waals surface area contributed by atoms with Crippen LogP contribution in [0, 0.1) is 11.8 Å². The number of rotatable bonds is 6. The fraction of sp³-hybridized carbons (Fsp3) is 0.357. The van der Waals surface area contributed by atoms with Gasteiger partial charge in [-0.05, 0) is 78.3 Å². The van der Waals surface area contributed by atoms with Gasteiger partial charge in [0.05, 0.1) is 10.1 Å². The van der Waals surface area contributed by atoms with Gasteiger partial charge < -0.3 is 19.7 Å². The third-order valence-corrected chi connectivity index (χ3v) is 8.72. The van der Waals surface area contributed by atoms with Crippen molar-refractivity contribution in [2.24, 2.45) is 11.8 Å². The van der Waals surface area contributed by atoms with Crippen molar-refractivity contribution in [3.63, 3.8) is 0 Å². The molecule has 6 heteroatoms. The number of aromatic hydroxyl groups is 2. The van der Waals surface area contributed by atoms with Gasteiger partial charge in [-0.25, -0.2) is 0 Å². The molecule has 2 N–H and O–H groups in total. The van der Waals surface area contributed by atoms with Gasteiger partial charge in [-0.1, -0.05) is 24.3 Å². The van der Waals surface area contributed by atoms with E-state index in [0.717, 1.165) is 45.9 Å². The van der Waals surface area contributed by atoms with E-state index in [9.17, 15) is 10.2 Å². The molecule has 0 radical (unpaired) electrons. The van der Waals surface area contributed by atoms with Crippen LogP contribution in [0.2, 0.25) is 0 Å². The number of ether oxygens (including phenoxy) is 2. The molecule has 3 aliphatic rings. The molecule has 34 heavy (non-hydrogen) atoms. The summed E-state index contributed by atoms with van der Waals surface area (Å²) in [5.74, 6) is 3.97. The van der Waals surface area contributed by atoms with Crippen molar-refractivity contribution in [2.75, 3.05) is 26.2 Å². The SMILES string of the molecule is Oc1ccc([C@H]2Sc3cc(O)ccc3O[C@H]2c2ccc(OCCN3CC4CCC4C3)cc2)cc1. The second-order valence-corrected chi connectivity index (χ2v) is 10.8. The summed E-state index contributed by atoms with van der Waals surface area (Å²) in [5, 5.41) is 19.7. The van der Waals surface area contributed by atoms with E-state index in [0.29, 0.717) is 6.61 Å². The van der Waals surface area contributed by atoms with E-state index in [1.54, 1.807) is 36.0 Å². The highest BCUT2D eigenvalue weighted by atomic mass is 32.2. The summed E-state index contributed by atoms with van der Waals surface area (Å²) in [7, 11) is 0. The van der Waals surface area contributed by atoms with E-state index in [4.69, 9.17) is 9.47 Å². The number of fused-ring (bicyclic) bond motifs is 2. The molecular formula is C28H29NO4S. The lowest BCUT2D eigenvalue weighted by Crippen LogP contribution is -2.26. The number of thioether (sulfide) groups is 1. The van der Waals surface area contributed by atoms with Gasteiger partial charge in [-0.2, -0.15) is 0 Å². The van der Waals surface area contributed by atoms with Crippen LogP contribution in [0.15, 0.2) is 71.6 Å². The first-order valence-corrected chi connectivity index (χ1v) is 12.9. The fourth-order valence-corrected chi connectivity index (χ4v) is 6.64. The highest BCUT2D eigenvalue weighted by Crippen LogP contribution is 2.54. The summed E-state index contributed by atoms with van der Waals surface area (Å²) in [5.41, 5.74) is 2.12. The standard InChI is InChI=1S/C28H29NO4S/c30-22-7-3-19(4-8-22)28-27(33-25-12-9-23(31)15-26(25)34-28)18-5-10-24(11-6-18)32-14-13-29-16-20-1-2-21(20)17-29/h3-12,15,20-21,27-28,30-31H,1-2,13-14,16-17H2/t20?,21?,27-,28+/m0/s1. The molecule has 4 atom stereocenters. The Kier molecular flexibility index (Phi) is 5.79. The lowest BCUT2D eigenvalue weighted by molar-refractivity contribution is 0.190. The first-order valence-electron chi connectivity index (χ1n) is 12.0. The summed E-state index contributed by atoms with van der Waals surface area (Å²) in [4.78, 5) is 3.45. The zero-order valence-corrected chi connectivity index (χ0v) is 19.8. The molecule has 1 saturated carbocycles. The van der Waals surface area contributed by atoms with Gasteiger partial charge >= 0.3 is 0 Å². The minimum atomic E-state index is -0.208. The first kappa shape index (κ1) is 21.7. The van der Waals surface area contributed by atoms with Crippen molar-refractivity contribution in [1.82, 2.24) is 4.90 Å². The zero-order valence-electron chi connectivity index (χ0n) is 19.0. The van der Waals surface area contributed by atoms with Crippen molar-refractivity contribution >= 4 is 11.8 Å². The van der Waals surface area contributed by atoms with Crippen molar-refractivity contribution in [3.8, 4) is 23.0 Å². The van der Waals surface area contributed by atoms with Crippen molar-refractivity contribution in [1.29, 1.82) is 0 Å². The lowest BCUT2D eigenvalue weighted by atomic mass is 9.77. The molecule has 1 saturated heterocycles. The molecule has 3 aromatic rings. The lowest BCUT2D eigenvalue weighted by Gasteiger charge is -2.34. The molecule has 2 aliphatic heterocycles. The quantitative estimate of drug-likeness (QED) is 0.471.